The highest BCUT2D eigenvalue weighted by atomic mass is 32.2. The molecule has 0 heterocycles. The van der Waals surface area contributed by atoms with Crippen LogP contribution in [0.3, 0.4) is 0 Å². The van der Waals surface area contributed by atoms with E-state index in [-0.39, 0.29) is 30.4 Å². The van der Waals surface area contributed by atoms with Gasteiger partial charge in [-0.1, -0.05) is 12.1 Å². The van der Waals surface area contributed by atoms with Crippen molar-refractivity contribution >= 4 is 23.6 Å². The Morgan fingerprint density at radius 1 is 1.32 bits per heavy atom. The predicted molar refractivity (Wildman–Crippen MR) is 74.8 cm³/mol. The maximum atomic E-state index is 12.1. The summed E-state index contributed by atoms with van der Waals surface area (Å²) >= 11 is 1.16. The van der Waals surface area contributed by atoms with E-state index < -0.39 is 12.3 Å². The summed E-state index contributed by atoms with van der Waals surface area (Å²) in [5.41, 5.74) is 0.387. The number of halogens is 3. The summed E-state index contributed by atoms with van der Waals surface area (Å²) < 4.78 is 40.0. The zero-order chi connectivity index (χ0) is 16.6. The number of hydrogen-bond acceptors (Lipinski definition) is 4. The van der Waals surface area contributed by atoms with Gasteiger partial charge < -0.3 is 15.2 Å². The first-order chi connectivity index (χ1) is 10.3. The monoisotopic (exact) mass is 337 g/mol. The number of nitrogens with one attached hydrogen (secondary N) is 1. The lowest BCUT2D eigenvalue weighted by Crippen LogP contribution is -2.27. The summed E-state index contributed by atoms with van der Waals surface area (Å²) in [5.74, 6) is -1.28. The minimum absolute atomic E-state index is 0.0489. The van der Waals surface area contributed by atoms with Gasteiger partial charge in [0.15, 0.2) is 0 Å². The fourth-order valence-electron chi connectivity index (χ4n) is 1.52. The Hall–Kier alpha value is -1.90. The normalized spacial score (nSPS) is 11.0. The van der Waals surface area contributed by atoms with Crippen LogP contribution in [0.1, 0.15) is 5.56 Å². The predicted octanol–water partition coefficient (Wildman–Crippen LogP) is 2.06. The standard InChI is InChI=1S/C13H14F3NO4S/c14-13(15,16)21-10-3-1-2-9(6-10)7-11(18)17-4-5-22-8-12(19)20/h1-3,6H,4-5,7-8H2,(H,17,18)(H,19,20). The van der Waals surface area contributed by atoms with Crippen molar-refractivity contribution in [3.05, 3.63) is 29.8 Å². The number of benzene rings is 1. The quantitative estimate of drug-likeness (QED) is 0.710. The minimum Gasteiger partial charge on any atom is -0.481 e. The maximum Gasteiger partial charge on any atom is 0.573 e. The largest absolute Gasteiger partial charge is 0.573 e. The van der Waals surface area contributed by atoms with Crippen LogP contribution in [0.2, 0.25) is 0 Å². The average Bonchev–Trinajstić information content (AvgIpc) is 2.36. The second-order valence-electron chi connectivity index (χ2n) is 4.17. The average molecular weight is 337 g/mol. The molecule has 1 aromatic rings. The van der Waals surface area contributed by atoms with E-state index in [4.69, 9.17) is 5.11 Å². The summed E-state index contributed by atoms with van der Waals surface area (Å²) in [6.07, 6.45) is -4.86. The molecule has 0 aromatic heterocycles. The third kappa shape index (κ3) is 8.40. The molecule has 0 aliphatic carbocycles. The smallest absolute Gasteiger partial charge is 0.481 e. The van der Waals surface area contributed by atoms with Gasteiger partial charge in [-0.15, -0.1) is 24.9 Å². The van der Waals surface area contributed by atoms with Gasteiger partial charge in [-0.3, -0.25) is 9.59 Å². The van der Waals surface area contributed by atoms with E-state index in [0.29, 0.717) is 11.3 Å². The fourth-order valence-corrected chi connectivity index (χ4v) is 2.09. The van der Waals surface area contributed by atoms with Crippen molar-refractivity contribution in [2.45, 2.75) is 12.8 Å². The molecule has 0 atom stereocenters. The molecule has 0 saturated carbocycles. The SMILES string of the molecule is O=C(O)CSCCNC(=O)Cc1cccc(OC(F)(F)F)c1. The van der Waals surface area contributed by atoms with Crippen LogP contribution in [-0.2, 0) is 16.0 Å². The van der Waals surface area contributed by atoms with E-state index in [0.717, 1.165) is 23.9 Å². The second kappa shape index (κ2) is 8.52. The molecule has 22 heavy (non-hydrogen) atoms. The molecule has 0 fully saturated rings. The molecule has 1 rings (SSSR count). The van der Waals surface area contributed by atoms with Crippen molar-refractivity contribution in [1.29, 1.82) is 0 Å². The molecule has 122 valence electrons. The lowest BCUT2D eigenvalue weighted by Gasteiger charge is -2.10. The van der Waals surface area contributed by atoms with E-state index in [9.17, 15) is 22.8 Å². The van der Waals surface area contributed by atoms with Gasteiger partial charge in [0.2, 0.25) is 5.91 Å². The molecular formula is C13H14F3NO4S. The zero-order valence-corrected chi connectivity index (χ0v) is 12.2. The van der Waals surface area contributed by atoms with Crippen molar-refractivity contribution in [2.24, 2.45) is 0 Å². The highest BCUT2D eigenvalue weighted by molar-refractivity contribution is 7.99. The number of carbonyl (C=O) groups is 2. The fraction of sp³-hybridized carbons (Fsp3) is 0.385. The number of alkyl halides is 3. The molecule has 2 N–H and O–H groups in total. The van der Waals surface area contributed by atoms with Gasteiger partial charge in [0.1, 0.15) is 5.75 Å². The number of ether oxygens (including phenoxy) is 1. The van der Waals surface area contributed by atoms with Crippen LogP contribution in [0, 0.1) is 0 Å². The summed E-state index contributed by atoms with van der Waals surface area (Å²) in [5, 5.41) is 11.0. The van der Waals surface area contributed by atoms with Gasteiger partial charge >= 0.3 is 12.3 Å². The number of rotatable bonds is 8. The molecule has 0 bridgehead atoms. The third-order valence-corrected chi connectivity index (χ3v) is 3.23. The van der Waals surface area contributed by atoms with Crippen molar-refractivity contribution in [3.63, 3.8) is 0 Å². The van der Waals surface area contributed by atoms with Crippen molar-refractivity contribution in [1.82, 2.24) is 5.32 Å². The lowest BCUT2D eigenvalue weighted by molar-refractivity contribution is -0.274. The van der Waals surface area contributed by atoms with E-state index >= 15 is 0 Å². The minimum atomic E-state index is -4.78. The number of thioether (sulfide) groups is 1. The molecule has 5 nitrogen and oxygen atoms in total. The summed E-state index contributed by atoms with van der Waals surface area (Å²) in [6.45, 7) is 0.287. The first kappa shape index (κ1) is 18.1. The molecular weight excluding hydrogens is 323 g/mol. The highest BCUT2D eigenvalue weighted by Gasteiger charge is 2.31. The molecule has 0 spiro atoms. The molecule has 0 radical (unpaired) electrons. The van der Waals surface area contributed by atoms with Crippen LogP contribution >= 0.6 is 11.8 Å². The maximum absolute atomic E-state index is 12.1. The van der Waals surface area contributed by atoms with E-state index in [2.05, 4.69) is 10.1 Å². The molecule has 1 aromatic carbocycles. The van der Waals surface area contributed by atoms with Crippen LogP contribution in [-0.4, -0.2) is 41.4 Å². The summed E-state index contributed by atoms with van der Waals surface area (Å²) in [4.78, 5) is 21.9. The van der Waals surface area contributed by atoms with E-state index in [1.165, 1.54) is 12.1 Å². The second-order valence-corrected chi connectivity index (χ2v) is 5.27. The van der Waals surface area contributed by atoms with Gasteiger partial charge in [0, 0.05) is 12.3 Å². The van der Waals surface area contributed by atoms with Crippen molar-refractivity contribution in [3.8, 4) is 5.75 Å². The lowest BCUT2D eigenvalue weighted by atomic mass is 10.1. The number of carbonyl (C=O) groups excluding carboxylic acids is 1. The van der Waals surface area contributed by atoms with Crippen molar-refractivity contribution < 1.29 is 32.6 Å². The van der Waals surface area contributed by atoms with Gasteiger partial charge in [-0.2, -0.15) is 0 Å². The van der Waals surface area contributed by atoms with Crippen LogP contribution < -0.4 is 10.1 Å². The Morgan fingerprint density at radius 3 is 2.68 bits per heavy atom. The van der Waals surface area contributed by atoms with Gasteiger partial charge in [0.25, 0.3) is 0 Å². The first-order valence-corrected chi connectivity index (χ1v) is 7.32. The van der Waals surface area contributed by atoms with Crippen LogP contribution in [0.25, 0.3) is 0 Å². The van der Waals surface area contributed by atoms with Crippen LogP contribution in [0.15, 0.2) is 24.3 Å². The van der Waals surface area contributed by atoms with E-state index in [1.54, 1.807) is 0 Å². The van der Waals surface area contributed by atoms with Crippen molar-refractivity contribution in [2.75, 3.05) is 18.1 Å². The molecule has 9 heteroatoms. The Labute approximate surface area is 128 Å². The zero-order valence-electron chi connectivity index (χ0n) is 11.4. The van der Waals surface area contributed by atoms with Gasteiger partial charge in [-0.25, -0.2) is 0 Å². The molecule has 0 unspecified atom stereocenters. The summed E-state index contributed by atoms with van der Waals surface area (Å²) in [7, 11) is 0. The molecule has 0 aliphatic rings. The Morgan fingerprint density at radius 2 is 2.05 bits per heavy atom. The topological polar surface area (TPSA) is 75.6 Å². The first-order valence-electron chi connectivity index (χ1n) is 6.17. The molecule has 0 saturated heterocycles. The Balaban J connectivity index is 2.38. The Bertz CT molecular complexity index is 522. The number of aliphatic carboxylic acids is 1. The highest BCUT2D eigenvalue weighted by Crippen LogP contribution is 2.23. The van der Waals surface area contributed by atoms with Crippen LogP contribution in [0.5, 0.6) is 5.75 Å². The summed E-state index contributed by atoms with van der Waals surface area (Å²) in [6, 6.07) is 5.18. The molecule has 1 amide bonds. The van der Waals surface area contributed by atoms with Crippen LogP contribution in [0.4, 0.5) is 13.2 Å². The number of hydrogen-bond donors (Lipinski definition) is 2. The third-order valence-electron chi connectivity index (χ3n) is 2.29. The number of carboxylic acid groups (broad SMARTS) is 1. The number of amides is 1. The molecule has 0 aliphatic heterocycles. The van der Waals surface area contributed by atoms with E-state index in [1.807, 2.05) is 0 Å². The number of carboxylic acids is 1. The van der Waals surface area contributed by atoms with Gasteiger partial charge in [0.05, 0.1) is 12.2 Å². The van der Waals surface area contributed by atoms with Gasteiger partial charge in [-0.05, 0) is 17.7 Å². The Kier molecular flexibility index (Phi) is 7.03.